The van der Waals surface area contributed by atoms with E-state index in [1.807, 2.05) is 19.1 Å². The Morgan fingerprint density at radius 3 is 2.25 bits per heavy atom. The van der Waals surface area contributed by atoms with Gasteiger partial charge in [-0.15, -0.1) is 0 Å². The standard InChI is InChI=1S/C21H26N2O4S/c1-16-7-9-17(10-8-16)21(24)22-19-15-18(11-12-20(19)27-2)28(25,26)23-13-5-3-4-6-14-23/h7-12,15H,3-6,13-14H2,1-2H3,(H,22,24). The van der Waals surface area contributed by atoms with Crippen LogP contribution < -0.4 is 10.1 Å². The average molecular weight is 403 g/mol. The zero-order valence-electron chi connectivity index (χ0n) is 16.3. The SMILES string of the molecule is COc1ccc(S(=O)(=O)N2CCCCCC2)cc1NC(=O)c1ccc(C)cc1. The van der Waals surface area contributed by atoms with Crippen molar-refractivity contribution in [2.75, 3.05) is 25.5 Å². The predicted molar refractivity (Wildman–Crippen MR) is 109 cm³/mol. The fraction of sp³-hybridized carbons (Fsp3) is 0.381. The second kappa shape index (κ2) is 8.75. The minimum absolute atomic E-state index is 0.161. The van der Waals surface area contributed by atoms with Crippen molar-refractivity contribution in [2.45, 2.75) is 37.5 Å². The van der Waals surface area contributed by atoms with Gasteiger partial charge in [0.25, 0.3) is 5.91 Å². The van der Waals surface area contributed by atoms with Crippen molar-refractivity contribution in [1.82, 2.24) is 4.31 Å². The first-order valence-corrected chi connectivity index (χ1v) is 10.9. The van der Waals surface area contributed by atoms with Crippen molar-refractivity contribution in [1.29, 1.82) is 0 Å². The molecule has 1 amide bonds. The molecule has 1 aliphatic heterocycles. The summed E-state index contributed by atoms with van der Waals surface area (Å²) in [5, 5.41) is 2.78. The van der Waals surface area contributed by atoms with Crippen LogP contribution in [-0.4, -0.2) is 38.8 Å². The monoisotopic (exact) mass is 402 g/mol. The molecule has 28 heavy (non-hydrogen) atoms. The number of anilines is 1. The molecule has 1 N–H and O–H groups in total. The van der Waals surface area contributed by atoms with Crippen LogP contribution in [0, 0.1) is 6.92 Å². The minimum Gasteiger partial charge on any atom is -0.495 e. The molecule has 1 heterocycles. The maximum atomic E-state index is 13.1. The van der Waals surface area contributed by atoms with E-state index >= 15 is 0 Å². The molecule has 0 atom stereocenters. The number of carbonyl (C=O) groups is 1. The third-order valence-corrected chi connectivity index (χ3v) is 6.83. The molecule has 0 saturated carbocycles. The lowest BCUT2D eigenvalue weighted by atomic mass is 10.1. The van der Waals surface area contributed by atoms with E-state index in [4.69, 9.17) is 4.74 Å². The summed E-state index contributed by atoms with van der Waals surface area (Å²) in [6.45, 7) is 3.00. The van der Waals surface area contributed by atoms with Gasteiger partial charge in [0.2, 0.25) is 10.0 Å². The highest BCUT2D eigenvalue weighted by molar-refractivity contribution is 7.89. The Balaban J connectivity index is 1.89. The van der Waals surface area contributed by atoms with Crippen LogP contribution in [0.2, 0.25) is 0 Å². The van der Waals surface area contributed by atoms with Gasteiger partial charge in [-0.2, -0.15) is 4.31 Å². The number of hydrogen-bond donors (Lipinski definition) is 1. The van der Waals surface area contributed by atoms with Crippen molar-refractivity contribution < 1.29 is 17.9 Å². The van der Waals surface area contributed by atoms with Gasteiger partial charge in [0.05, 0.1) is 17.7 Å². The number of sulfonamides is 1. The van der Waals surface area contributed by atoms with Gasteiger partial charge in [-0.3, -0.25) is 4.79 Å². The summed E-state index contributed by atoms with van der Waals surface area (Å²) in [4.78, 5) is 12.7. The number of hydrogen-bond acceptors (Lipinski definition) is 4. The van der Waals surface area contributed by atoms with E-state index in [0.717, 1.165) is 31.2 Å². The highest BCUT2D eigenvalue weighted by atomic mass is 32.2. The van der Waals surface area contributed by atoms with Crippen LogP contribution in [-0.2, 0) is 10.0 Å². The van der Waals surface area contributed by atoms with Gasteiger partial charge in [0, 0.05) is 18.7 Å². The largest absolute Gasteiger partial charge is 0.495 e. The van der Waals surface area contributed by atoms with Crippen LogP contribution in [0.25, 0.3) is 0 Å². The van der Waals surface area contributed by atoms with Crippen molar-refractivity contribution in [3.05, 3.63) is 53.6 Å². The van der Waals surface area contributed by atoms with Crippen molar-refractivity contribution in [2.24, 2.45) is 0 Å². The molecular formula is C21H26N2O4S. The lowest BCUT2D eigenvalue weighted by Gasteiger charge is -2.21. The normalized spacial score (nSPS) is 15.6. The van der Waals surface area contributed by atoms with Gasteiger partial charge in [-0.25, -0.2) is 8.42 Å². The first-order valence-electron chi connectivity index (χ1n) is 9.48. The van der Waals surface area contributed by atoms with Gasteiger partial charge < -0.3 is 10.1 Å². The number of nitrogens with zero attached hydrogens (tertiary/aromatic N) is 1. The maximum absolute atomic E-state index is 13.1. The Morgan fingerprint density at radius 1 is 1.00 bits per heavy atom. The maximum Gasteiger partial charge on any atom is 0.255 e. The summed E-state index contributed by atoms with van der Waals surface area (Å²) in [6.07, 6.45) is 3.83. The van der Waals surface area contributed by atoms with E-state index in [2.05, 4.69) is 5.32 Å². The number of ether oxygens (including phenoxy) is 1. The number of benzene rings is 2. The van der Waals surface area contributed by atoms with Crippen LogP contribution in [0.5, 0.6) is 5.75 Å². The molecule has 0 bridgehead atoms. The van der Waals surface area contributed by atoms with Gasteiger partial charge in [0.15, 0.2) is 0 Å². The van der Waals surface area contributed by atoms with Gasteiger partial charge >= 0.3 is 0 Å². The summed E-state index contributed by atoms with van der Waals surface area (Å²) in [5.74, 6) is 0.0953. The number of amides is 1. The number of carbonyl (C=O) groups excluding carboxylic acids is 1. The summed E-state index contributed by atoms with van der Waals surface area (Å²) in [6, 6.07) is 11.8. The van der Waals surface area contributed by atoms with Crippen molar-refractivity contribution in [3.63, 3.8) is 0 Å². The highest BCUT2D eigenvalue weighted by Crippen LogP contribution is 2.30. The van der Waals surface area contributed by atoms with E-state index in [0.29, 0.717) is 30.1 Å². The van der Waals surface area contributed by atoms with Crippen LogP contribution >= 0.6 is 0 Å². The number of aryl methyl sites for hydroxylation is 1. The molecule has 0 unspecified atom stereocenters. The Hall–Kier alpha value is -2.38. The second-order valence-electron chi connectivity index (χ2n) is 7.00. The van der Waals surface area contributed by atoms with Gasteiger partial charge in [-0.1, -0.05) is 30.5 Å². The van der Waals surface area contributed by atoms with E-state index in [1.165, 1.54) is 23.5 Å². The third kappa shape index (κ3) is 4.54. The summed E-state index contributed by atoms with van der Waals surface area (Å²) >= 11 is 0. The topological polar surface area (TPSA) is 75.7 Å². The molecule has 1 saturated heterocycles. The van der Waals surface area contributed by atoms with Crippen LogP contribution in [0.3, 0.4) is 0 Å². The zero-order chi connectivity index (χ0) is 20.1. The smallest absolute Gasteiger partial charge is 0.255 e. The first-order chi connectivity index (χ1) is 13.4. The molecule has 0 spiro atoms. The highest BCUT2D eigenvalue weighted by Gasteiger charge is 2.26. The predicted octanol–water partition coefficient (Wildman–Crippen LogP) is 3.82. The number of rotatable bonds is 5. The fourth-order valence-electron chi connectivity index (χ4n) is 3.28. The van der Waals surface area contributed by atoms with Gasteiger partial charge in [-0.05, 0) is 50.1 Å². The Labute approximate surface area is 166 Å². The lowest BCUT2D eigenvalue weighted by molar-refractivity contribution is 0.102. The Bertz CT molecular complexity index is 931. The molecular weight excluding hydrogens is 376 g/mol. The Morgan fingerprint density at radius 2 is 1.64 bits per heavy atom. The van der Waals surface area contributed by atoms with Crippen molar-refractivity contribution in [3.8, 4) is 5.75 Å². The lowest BCUT2D eigenvalue weighted by Crippen LogP contribution is -2.32. The zero-order valence-corrected chi connectivity index (χ0v) is 17.1. The summed E-state index contributed by atoms with van der Waals surface area (Å²) < 4.78 is 33.0. The molecule has 6 nitrogen and oxygen atoms in total. The molecule has 1 aliphatic rings. The van der Waals surface area contributed by atoms with Crippen LogP contribution in [0.4, 0.5) is 5.69 Å². The van der Waals surface area contributed by atoms with Crippen LogP contribution in [0.1, 0.15) is 41.6 Å². The third-order valence-electron chi connectivity index (χ3n) is 4.94. The molecule has 3 rings (SSSR count). The molecule has 2 aromatic carbocycles. The summed E-state index contributed by atoms with van der Waals surface area (Å²) in [5.41, 5.74) is 1.89. The molecule has 7 heteroatoms. The van der Waals surface area contributed by atoms with Crippen LogP contribution in [0.15, 0.2) is 47.4 Å². The molecule has 0 radical (unpaired) electrons. The molecule has 1 fully saturated rings. The molecule has 0 aromatic heterocycles. The van der Waals surface area contributed by atoms with Gasteiger partial charge in [0.1, 0.15) is 5.75 Å². The first kappa shape index (κ1) is 20.4. The van der Waals surface area contributed by atoms with E-state index in [9.17, 15) is 13.2 Å². The second-order valence-corrected chi connectivity index (χ2v) is 8.94. The average Bonchev–Trinajstić information content (AvgIpc) is 2.98. The Kier molecular flexibility index (Phi) is 6.36. The van der Waals surface area contributed by atoms with Crippen molar-refractivity contribution >= 4 is 21.6 Å². The summed E-state index contributed by atoms with van der Waals surface area (Å²) in [7, 11) is -2.13. The fourth-order valence-corrected chi connectivity index (χ4v) is 4.82. The van der Waals surface area contributed by atoms with E-state index in [-0.39, 0.29) is 10.8 Å². The van der Waals surface area contributed by atoms with E-state index in [1.54, 1.807) is 18.2 Å². The quantitative estimate of drug-likeness (QED) is 0.825. The molecule has 0 aliphatic carbocycles. The molecule has 150 valence electrons. The number of methoxy groups -OCH3 is 1. The minimum atomic E-state index is -3.61. The molecule has 2 aromatic rings. The van der Waals surface area contributed by atoms with E-state index < -0.39 is 10.0 Å². The number of nitrogens with one attached hydrogen (secondary N) is 1.